The number of carbonyl (C=O) groups is 1. The molecule has 0 aliphatic heterocycles. The topological polar surface area (TPSA) is 66.0 Å². The molecule has 0 saturated carbocycles. The standard InChI is InChI=1S/C25H34BrNO5/c1-15(2)30-23(31-16(3)4)19-13-18(20(26)14-22(19)29-8)17-11-9-10-12-21(17)27-24(28)32-25(5,6)7/h9-16,23H,1-8H3,(H,27,28). The van der Waals surface area contributed by atoms with Gasteiger partial charge in [0.25, 0.3) is 0 Å². The fourth-order valence-corrected chi connectivity index (χ4v) is 3.59. The first-order valence-electron chi connectivity index (χ1n) is 10.7. The van der Waals surface area contributed by atoms with Crippen LogP contribution in [0, 0.1) is 0 Å². The summed E-state index contributed by atoms with van der Waals surface area (Å²) in [6, 6.07) is 11.4. The molecule has 2 rings (SSSR count). The maximum atomic E-state index is 12.4. The zero-order chi connectivity index (χ0) is 24.1. The lowest BCUT2D eigenvalue weighted by Gasteiger charge is -2.26. The molecule has 0 saturated heterocycles. The van der Waals surface area contributed by atoms with E-state index in [1.54, 1.807) is 7.11 Å². The van der Waals surface area contributed by atoms with Crippen molar-refractivity contribution >= 4 is 27.7 Å². The van der Waals surface area contributed by atoms with Gasteiger partial charge in [-0.25, -0.2) is 4.79 Å². The summed E-state index contributed by atoms with van der Waals surface area (Å²) in [4.78, 5) is 12.4. The number of amides is 1. The molecule has 0 fully saturated rings. The number of anilines is 1. The second kappa shape index (κ2) is 11.2. The highest BCUT2D eigenvalue weighted by Crippen LogP contribution is 2.41. The van der Waals surface area contributed by atoms with Crippen molar-refractivity contribution in [2.75, 3.05) is 12.4 Å². The van der Waals surface area contributed by atoms with E-state index in [1.807, 2.05) is 84.9 Å². The zero-order valence-corrected chi connectivity index (χ0v) is 21.7. The number of nitrogens with one attached hydrogen (secondary N) is 1. The SMILES string of the molecule is COc1cc(Br)c(-c2ccccc2NC(=O)OC(C)(C)C)cc1C(OC(C)C)OC(C)C. The van der Waals surface area contributed by atoms with E-state index in [1.165, 1.54) is 0 Å². The lowest BCUT2D eigenvalue weighted by atomic mass is 10.00. The van der Waals surface area contributed by atoms with Crippen molar-refractivity contribution in [1.29, 1.82) is 0 Å². The van der Waals surface area contributed by atoms with Crippen LogP contribution in [0.4, 0.5) is 10.5 Å². The second-order valence-electron chi connectivity index (χ2n) is 8.95. The normalized spacial score (nSPS) is 11.9. The fraction of sp³-hybridized carbons (Fsp3) is 0.480. The molecule has 0 aliphatic rings. The highest BCUT2D eigenvalue weighted by atomic mass is 79.9. The molecule has 0 spiro atoms. The molecule has 176 valence electrons. The van der Waals surface area contributed by atoms with Crippen LogP contribution in [-0.4, -0.2) is 31.0 Å². The van der Waals surface area contributed by atoms with Crippen molar-refractivity contribution in [3.63, 3.8) is 0 Å². The van der Waals surface area contributed by atoms with Gasteiger partial charge in [-0.1, -0.05) is 34.1 Å². The van der Waals surface area contributed by atoms with Gasteiger partial charge in [0.05, 0.1) is 30.6 Å². The molecule has 0 atom stereocenters. The van der Waals surface area contributed by atoms with E-state index >= 15 is 0 Å². The van der Waals surface area contributed by atoms with E-state index < -0.39 is 18.0 Å². The Morgan fingerprint density at radius 1 is 0.969 bits per heavy atom. The van der Waals surface area contributed by atoms with Gasteiger partial charge in [-0.3, -0.25) is 5.32 Å². The van der Waals surface area contributed by atoms with Gasteiger partial charge < -0.3 is 18.9 Å². The molecule has 32 heavy (non-hydrogen) atoms. The van der Waals surface area contributed by atoms with Gasteiger partial charge in [-0.15, -0.1) is 0 Å². The minimum atomic E-state index is -0.609. The summed E-state index contributed by atoms with van der Waals surface area (Å²) < 4.78 is 24.0. The first kappa shape index (κ1) is 26.2. The van der Waals surface area contributed by atoms with Crippen LogP contribution in [0.15, 0.2) is 40.9 Å². The minimum absolute atomic E-state index is 0.0447. The van der Waals surface area contributed by atoms with Crippen LogP contribution in [0.25, 0.3) is 11.1 Å². The van der Waals surface area contributed by atoms with Crippen LogP contribution in [0.1, 0.15) is 60.3 Å². The van der Waals surface area contributed by atoms with Gasteiger partial charge in [0, 0.05) is 10.0 Å². The third-order valence-corrected chi connectivity index (χ3v) is 4.87. The summed E-state index contributed by atoms with van der Waals surface area (Å²) in [6.07, 6.45) is -1.21. The molecule has 2 aromatic rings. The van der Waals surface area contributed by atoms with Gasteiger partial charge in [0.2, 0.25) is 0 Å². The zero-order valence-electron chi connectivity index (χ0n) is 20.1. The Hall–Kier alpha value is -2.09. The van der Waals surface area contributed by atoms with Crippen LogP contribution in [0.3, 0.4) is 0 Å². The number of carbonyl (C=O) groups excluding carboxylic acids is 1. The van der Waals surface area contributed by atoms with E-state index in [0.717, 1.165) is 21.2 Å². The first-order chi connectivity index (χ1) is 14.9. The maximum Gasteiger partial charge on any atom is 0.412 e. The van der Waals surface area contributed by atoms with E-state index in [-0.39, 0.29) is 12.2 Å². The van der Waals surface area contributed by atoms with Crippen LogP contribution in [0.5, 0.6) is 5.75 Å². The van der Waals surface area contributed by atoms with Crippen molar-refractivity contribution in [3.8, 4) is 16.9 Å². The average Bonchev–Trinajstić information content (AvgIpc) is 2.65. The quantitative estimate of drug-likeness (QED) is 0.379. The van der Waals surface area contributed by atoms with Crippen LogP contribution >= 0.6 is 15.9 Å². The number of ether oxygens (including phenoxy) is 4. The molecule has 7 heteroatoms. The van der Waals surface area contributed by atoms with Crippen molar-refractivity contribution in [1.82, 2.24) is 0 Å². The van der Waals surface area contributed by atoms with E-state index in [4.69, 9.17) is 18.9 Å². The van der Waals surface area contributed by atoms with Gasteiger partial charge in [-0.2, -0.15) is 0 Å². The molecule has 0 aromatic heterocycles. The number of hydrogen-bond acceptors (Lipinski definition) is 5. The van der Waals surface area contributed by atoms with Gasteiger partial charge in [0.15, 0.2) is 6.29 Å². The molecule has 2 aromatic carbocycles. The Morgan fingerprint density at radius 2 is 1.56 bits per heavy atom. The lowest BCUT2D eigenvalue weighted by Crippen LogP contribution is -2.27. The monoisotopic (exact) mass is 507 g/mol. The Morgan fingerprint density at radius 3 is 2.09 bits per heavy atom. The molecule has 0 aliphatic carbocycles. The summed E-state index contributed by atoms with van der Waals surface area (Å²) >= 11 is 3.65. The summed E-state index contributed by atoms with van der Waals surface area (Å²) in [5.41, 5.74) is 2.48. The maximum absolute atomic E-state index is 12.4. The summed E-state index contributed by atoms with van der Waals surface area (Å²) in [5.74, 6) is 0.643. The molecule has 0 unspecified atom stereocenters. The molecule has 1 amide bonds. The molecule has 1 N–H and O–H groups in total. The highest BCUT2D eigenvalue weighted by molar-refractivity contribution is 9.10. The highest BCUT2D eigenvalue weighted by Gasteiger charge is 2.24. The van der Waals surface area contributed by atoms with Crippen LogP contribution in [-0.2, 0) is 14.2 Å². The Bertz CT molecular complexity index is 911. The lowest BCUT2D eigenvalue weighted by molar-refractivity contribution is -0.186. The summed E-state index contributed by atoms with van der Waals surface area (Å²) in [5, 5.41) is 2.86. The molecular formula is C25H34BrNO5. The third kappa shape index (κ3) is 7.50. The number of rotatable bonds is 8. The smallest absolute Gasteiger partial charge is 0.412 e. The van der Waals surface area contributed by atoms with E-state index in [9.17, 15) is 4.79 Å². The summed E-state index contributed by atoms with van der Waals surface area (Å²) in [6.45, 7) is 13.3. The predicted molar refractivity (Wildman–Crippen MR) is 131 cm³/mol. The molecule has 0 bridgehead atoms. The fourth-order valence-electron chi connectivity index (χ4n) is 3.05. The Balaban J connectivity index is 2.55. The molecular weight excluding hydrogens is 474 g/mol. The van der Waals surface area contributed by atoms with E-state index in [0.29, 0.717) is 11.4 Å². The molecule has 0 radical (unpaired) electrons. The van der Waals surface area contributed by atoms with Gasteiger partial charge in [-0.05, 0) is 72.2 Å². The minimum Gasteiger partial charge on any atom is -0.496 e. The Labute approximate surface area is 199 Å². The largest absolute Gasteiger partial charge is 0.496 e. The summed E-state index contributed by atoms with van der Waals surface area (Å²) in [7, 11) is 1.62. The van der Waals surface area contributed by atoms with Crippen molar-refractivity contribution in [2.24, 2.45) is 0 Å². The first-order valence-corrected chi connectivity index (χ1v) is 11.5. The number of halogens is 1. The third-order valence-electron chi connectivity index (χ3n) is 4.22. The van der Waals surface area contributed by atoms with Crippen molar-refractivity contribution in [3.05, 3.63) is 46.4 Å². The second-order valence-corrected chi connectivity index (χ2v) is 9.80. The van der Waals surface area contributed by atoms with Crippen LogP contribution < -0.4 is 10.1 Å². The number of hydrogen-bond donors (Lipinski definition) is 1. The van der Waals surface area contributed by atoms with Gasteiger partial charge >= 0.3 is 6.09 Å². The van der Waals surface area contributed by atoms with Crippen molar-refractivity contribution < 1.29 is 23.7 Å². The number of para-hydroxylation sites is 1. The predicted octanol–water partition coefficient (Wildman–Crippen LogP) is 7.32. The molecule has 0 heterocycles. The van der Waals surface area contributed by atoms with Gasteiger partial charge in [0.1, 0.15) is 11.4 Å². The van der Waals surface area contributed by atoms with E-state index in [2.05, 4.69) is 21.2 Å². The average molecular weight is 508 g/mol. The van der Waals surface area contributed by atoms with Crippen LogP contribution in [0.2, 0.25) is 0 Å². The number of benzene rings is 2. The van der Waals surface area contributed by atoms with Crippen molar-refractivity contribution in [2.45, 2.75) is 72.6 Å². The Kier molecular flexibility index (Phi) is 9.13. The molecule has 6 nitrogen and oxygen atoms in total. The number of methoxy groups -OCH3 is 1.